The fourth-order valence-corrected chi connectivity index (χ4v) is 4.53. The average Bonchev–Trinajstić information content (AvgIpc) is 3.13. The first kappa shape index (κ1) is 20.9. The summed E-state index contributed by atoms with van der Waals surface area (Å²) in [5, 5.41) is 5.33. The molecule has 1 aromatic carbocycles. The van der Waals surface area contributed by atoms with E-state index in [1.807, 2.05) is 6.92 Å². The Morgan fingerprint density at radius 2 is 1.97 bits per heavy atom. The van der Waals surface area contributed by atoms with E-state index in [1.54, 1.807) is 27.8 Å². The highest BCUT2D eigenvalue weighted by atomic mass is 35.5. The second-order valence-electron chi connectivity index (χ2n) is 7.90. The summed E-state index contributed by atoms with van der Waals surface area (Å²) in [6.07, 6.45) is 1.62. The van der Waals surface area contributed by atoms with Crippen LogP contribution in [0.25, 0.3) is 0 Å². The zero-order valence-electron chi connectivity index (χ0n) is 17.1. The summed E-state index contributed by atoms with van der Waals surface area (Å²) >= 11 is 12.1. The molecule has 2 aliphatic heterocycles. The summed E-state index contributed by atoms with van der Waals surface area (Å²) in [5.41, 5.74) is 2.41. The van der Waals surface area contributed by atoms with Crippen LogP contribution in [0, 0.1) is 5.82 Å². The largest absolute Gasteiger partial charge is 0.331 e. The molecule has 5 rings (SSSR count). The van der Waals surface area contributed by atoms with Crippen molar-refractivity contribution < 1.29 is 14.0 Å². The number of amides is 2. The molecule has 0 aliphatic carbocycles. The second-order valence-corrected chi connectivity index (χ2v) is 8.72. The third-order valence-electron chi connectivity index (χ3n) is 5.88. The number of hydrogen-bond donors (Lipinski definition) is 0. The van der Waals surface area contributed by atoms with Crippen LogP contribution in [0.4, 0.5) is 10.2 Å². The van der Waals surface area contributed by atoms with Crippen LogP contribution in [0.1, 0.15) is 39.0 Å². The topological polar surface area (TPSA) is 71.3 Å². The number of anilines is 1. The first-order chi connectivity index (χ1) is 15.3. The van der Waals surface area contributed by atoms with Gasteiger partial charge in [-0.15, -0.1) is 0 Å². The Hall–Kier alpha value is -2.97. The lowest BCUT2D eigenvalue weighted by Crippen LogP contribution is -2.44. The highest BCUT2D eigenvalue weighted by Crippen LogP contribution is 2.31. The molecule has 2 aromatic heterocycles. The van der Waals surface area contributed by atoms with Crippen molar-refractivity contribution in [1.82, 2.24) is 19.7 Å². The average molecular weight is 474 g/mol. The lowest BCUT2D eigenvalue weighted by Gasteiger charge is -2.34. The maximum atomic E-state index is 13.3. The van der Waals surface area contributed by atoms with Crippen molar-refractivity contribution in [2.75, 3.05) is 11.4 Å². The summed E-state index contributed by atoms with van der Waals surface area (Å²) in [5.74, 6) is -0.542. The van der Waals surface area contributed by atoms with Gasteiger partial charge < -0.3 is 4.90 Å². The van der Waals surface area contributed by atoms with Gasteiger partial charge in [0.15, 0.2) is 0 Å². The number of carbonyl (C=O) groups excluding carboxylic acids is 2. The van der Waals surface area contributed by atoms with Gasteiger partial charge in [0.25, 0.3) is 11.8 Å². The molecular formula is C22H18Cl2FN5O2. The standard InChI is InChI=1S/C22H18Cl2FN5O2/c1-12-8-18-15(11-29(12)21(31)13-2-4-16(23)17(24)9-13)20-22(32)28(6-7-30(20)27-18)19-5-3-14(25)10-26-19/h2-5,9-10,12H,6-8,11H2,1H3/t12-/m1/s1. The van der Waals surface area contributed by atoms with Gasteiger partial charge in [0.2, 0.25) is 0 Å². The lowest BCUT2D eigenvalue weighted by atomic mass is 9.97. The molecule has 32 heavy (non-hydrogen) atoms. The molecule has 4 heterocycles. The molecule has 1 atom stereocenters. The van der Waals surface area contributed by atoms with Crippen LogP contribution in [0.3, 0.4) is 0 Å². The molecule has 0 spiro atoms. The zero-order valence-corrected chi connectivity index (χ0v) is 18.6. The minimum Gasteiger partial charge on any atom is -0.331 e. The monoisotopic (exact) mass is 473 g/mol. The summed E-state index contributed by atoms with van der Waals surface area (Å²) in [6, 6.07) is 7.43. The summed E-state index contributed by atoms with van der Waals surface area (Å²) < 4.78 is 15.0. The summed E-state index contributed by atoms with van der Waals surface area (Å²) in [4.78, 5) is 33.8. The Bertz CT molecular complexity index is 1240. The van der Waals surface area contributed by atoms with Crippen LogP contribution in [0.2, 0.25) is 10.0 Å². The van der Waals surface area contributed by atoms with Crippen molar-refractivity contribution in [3.63, 3.8) is 0 Å². The van der Waals surface area contributed by atoms with Crippen LogP contribution < -0.4 is 4.90 Å². The number of rotatable bonds is 2. The van der Waals surface area contributed by atoms with Crippen molar-refractivity contribution in [3.8, 4) is 0 Å². The normalized spacial score (nSPS) is 17.9. The van der Waals surface area contributed by atoms with Gasteiger partial charge >= 0.3 is 0 Å². The summed E-state index contributed by atoms with van der Waals surface area (Å²) in [7, 11) is 0. The highest BCUT2D eigenvalue weighted by molar-refractivity contribution is 6.42. The van der Waals surface area contributed by atoms with Gasteiger partial charge in [0.05, 0.1) is 35.0 Å². The van der Waals surface area contributed by atoms with Gasteiger partial charge in [-0.2, -0.15) is 5.10 Å². The first-order valence-corrected chi connectivity index (χ1v) is 10.9. The van der Waals surface area contributed by atoms with Gasteiger partial charge in [-0.25, -0.2) is 9.37 Å². The van der Waals surface area contributed by atoms with Crippen LogP contribution in [-0.2, 0) is 19.5 Å². The number of fused-ring (bicyclic) bond motifs is 3. The van der Waals surface area contributed by atoms with Gasteiger partial charge in [-0.3, -0.25) is 19.2 Å². The number of aromatic nitrogens is 3. The van der Waals surface area contributed by atoms with E-state index in [9.17, 15) is 14.0 Å². The van der Waals surface area contributed by atoms with E-state index < -0.39 is 5.82 Å². The Kier molecular flexibility index (Phi) is 5.14. The number of benzene rings is 1. The van der Waals surface area contributed by atoms with E-state index in [-0.39, 0.29) is 24.4 Å². The van der Waals surface area contributed by atoms with E-state index in [0.717, 1.165) is 17.5 Å². The molecule has 0 saturated heterocycles. The molecule has 2 amide bonds. The fourth-order valence-electron chi connectivity index (χ4n) is 4.23. The molecule has 7 nitrogen and oxygen atoms in total. The number of hydrogen-bond acceptors (Lipinski definition) is 4. The van der Waals surface area contributed by atoms with Crippen molar-refractivity contribution in [1.29, 1.82) is 0 Å². The summed E-state index contributed by atoms with van der Waals surface area (Å²) in [6.45, 7) is 3.07. The predicted molar refractivity (Wildman–Crippen MR) is 118 cm³/mol. The van der Waals surface area contributed by atoms with Crippen molar-refractivity contribution >= 4 is 40.8 Å². The maximum Gasteiger partial charge on any atom is 0.278 e. The van der Waals surface area contributed by atoms with Crippen LogP contribution >= 0.6 is 23.2 Å². The molecule has 0 bridgehead atoms. The van der Waals surface area contributed by atoms with Crippen molar-refractivity contribution in [2.45, 2.75) is 32.5 Å². The van der Waals surface area contributed by atoms with E-state index in [2.05, 4.69) is 10.1 Å². The SMILES string of the molecule is C[C@@H]1Cc2nn3c(c2CN1C(=O)c1ccc(Cl)c(Cl)c1)C(=O)N(c1ccc(F)cn1)CC3. The Balaban J connectivity index is 1.47. The van der Waals surface area contributed by atoms with Crippen LogP contribution in [0.15, 0.2) is 36.5 Å². The van der Waals surface area contributed by atoms with Gasteiger partial charge in [-0.1, -0.05) is 23.2 Å². The molecule has 164 valence electrons. The number of carbonyl (C=O) groups is 2. The van der Waals surface area contributed by atoms with Crippen LogP contribution in [0.5, 0.6) is 0 Å². The number of nitrogens with zero attached hydrogens (tertiary/aromatic N) is 5. The third-order valence-corrected chi connectivity index (χ3v) is 6.62. The minimum absolute atomic E-state index is 0.105. The third kappa shape index (κ3) is 3.43. The van der Waals surface area contributed by atoms with E-state index in [1.165, 1.54) is 17.0 Å². The zero-order chi connectivity index (χ0) is 22.6. The Morgan fingerprint density at radius 3 is 2.69 bits per heavy atom. The molecule has 3 aromatic rings. The van der Waals surface area contributed by atoms with Gasteiger partial charge in [0, 0.05) is 30.1 Å². The number of halogens is 3. The minimum atomic E-state index is -0.467. The fraction of sp³-hybridized carbons (Fsp3) is 0.273. The van der Waals surface area contributed by atoms with E-state index in [0.29, 0.717) is 46.6 Å². The smallest absolute Gasteiger partial charge is 0.278 e. The predicted octanol–water partition coefficient (Wildman–Crippen LogP) is 3.97. The van der Waals surface area contributed by atoms with Crippen molar-refractivity contribution in [3.05, 3.63) is 74.9 Å². The molecule has 0 fully saturated rings. The molecule has 10 heteroatoms. The molecule has 2 aliphatic rings. The molecule has 0 saturated carbocycles. The Morgan fingerprint density at radius 1 is 1.16 bits per heavy atom. The molecule has 0 radical (unpaired) electrons. The second kappa shape index (κ2) is 7.86. The highest BCUT2D eigenvalue weighted by Gasteiger charge is 2.38. The number of pyridine rings is 1. The quantitative estimate of drug-likeness (QED) is 0.564. The van der Waals surface area contributed by atoms with E-state index in [4.69, 9.17) is 23.2 Å². The van der Waals surface area contributed by atoms with E-state index >= 15 is 0 Å². The van der Waals surface area contributed by atoms with Gasteiger partial charge in [-0.05, 0) is 37.3 Å². The molecule has 0 unspecified atom stereocenters. The van der Waals surface area contributed by atoms with Crippen LogP contribution in [-0.4, -0.2) is 44.1 Å². The maximum absolute atomic E-state index is 13.3. The van der Waals surface area contributed by atoms with Gasteiger partial charge in [0.1, 0.15) is 17.3 Å². The molecular weight excluding hydrogens is 456 g/mol. The Labute approximate surface area is 193 Å². The van der Waals surface area contributed by atoms with Crippen molar-refractivity contribution in [2.24, 2.45) is 0 Å². The molecule has 0 N–H and O–H groups in total. The first-order valence-electron chi connectivity index (χ1n) is 10.1. The lowest BCUT2D eigenvalue weighted by molar-refractivity contribution is 0.0655.